The summed E-state index contributed by atoms with van der Waals surface area (Å²) in [5.41, 5.74) is 2.62. The zero-order valence-electron chi connectivity index (χ0n) is 12.1. The number of fused-ring (bicyclic) bond motifs is 1. The molecule has 0 aliphatic carbocycles. The van der Waals surface area contributed by atoms with Gasteiger partial charge in [-0.15, -0.1) is 0 Å². The second-order valence-corrected chi connectivity index (χ2v) is 5.40. The van der Waals surface area contributed by atoms with Crippen molar-refractivity contribution in [2.45, 2.75) is 51.9 Å². The minimum Gasteiger partial charge on any atom is -0.478 e. The number of rotatable bonds is 8. The van der Waals surface area contributed by atoms with Crippen molar-refractivity contribution in [3.63, 3.8) is 0 Å². The molecule has 0 atom stereocenters. The van der Waals surface area contributed by atoms with Gasteiger partial charge in [-0.25, -0.2) is 4.79 Å². The average molecular weight is 273 g/mol. The van der Waals surface area contributed by atoms with E-state index in [0.717, 1.165) is 17.3 Å². The normalized spacial score (nSPS) is 11.1. The van der Waals surface area contributed by atoms with Crippen molar-refractivity contribution in [1.82, 2.24) is 4.98 Å². The van der Waals surface area contributed by atoms with E-state index in [4.69, 9.17) is 5.11 Å². The molecule has 2 rings (SSSR count). The second kappa shape index (κ2) is 7.13. The molecule has 0 saturated carbocycles. The van der Waals surface area contributed by atoms with Crippen molar-refractivity contribution in [3.8, 4) is 0 Å². The van der Waals surface area contributed by atoms with Crippen molar-refractivity contribution >= 4 is 16.9 Å². The van der Waals surface area contributed by atoms with Crippen LogP contribution in [0, 0.1) is 0 Å². The Morgan fingerprint density at radius 2 is 1.90 bits per heavy atom. The van der Waals surface area contributed by atoms with Gasteiger partial charge in [0.2, 0.25) is 0 Å². The fourth-order valence-corrected chi connectivity index (χ4v) is 2.61. The summed E-state index contributed by atoms with van der Waals surface area (Å²) in [5.74, 6) is -0.862. The van der Waals surface area contributed by atoms with Crippen LogP contribution in [0.5, 0.6) is 0 Å². The predicted octanol–water partition coefficient (Wildman–Crippen LogP) is 4.77. The number of aromatic nitrogens is 1. The smallest absolute Gasteiger partial charge is 0.335 e. The van der Waals surface area contributed by atoms with Gasteiger partial charge in [0.25, 0.3) is 0 Å². The first-order valence-electron chi connectivity index (χ1n) is 7.55. The number of benzene rings is 1. The molecule has 20 heavy (non-hydrogen) atoms. The lowest BCUT2D eigenvalue weighted by molar-refractivity contribution is 0.0697. The number of H-pyrrole nitrogens is 1. The molecule has 3 nitrogen and oxygen atoms in total. The van der Waals surface area contributed by atoms with Gasteiger partial charge in [-0.05, 0) is 36.6 Å². The summed E-state index contributed by atoms with van der Waals surface area (Å²) in [7, 11) is 0. The summed E-state index contributed by atoms with van der Waals surface area (Å²) in [6.07, 6.45) is 10.7. The molecule has 0 saturated heterocycles. The van der Waals surface area contributed by atoms with E-state index in [1.807, 2.05) is 12.3 Å². The van der Waals surface area contributed by atoms with E-state index in [1.54, 1.807) is 12.1 Å². The molecule has 0 radical (unpaired) electrons. The molecule has 0 fully saturated rings. The summed E-state index contributed by atoms with van der Waals surface area (Å²) in [6.45, 7) is 2.23. The highest BCUT2D eigenvalue weighted by Crippen LogP contribution is 2.22. The maximum atomic E-state index is 11.0. The zero-order valence-corrected chi connectivity index (χ0v) is 12.1. The van der Waals surface area contributed by atoms with Crippen LogP contribution >= 0.6 is 0 Å². The highest BCUT2D eigenvalue weighted by atomic mass is 16.4. The van der Waals surface area contributed by atoms with Crippen LogP contribution in [-0.4, -0.2) is 16.1 Å². The van der Waals surface area contributed by atoms with Crippen LogP contribution in [0.2, 0.25) is 0 Å². The number of carboxylic acids is 1. The van der Waals surface area contributed by atoms with Crippen LogP contribution in [-0.2, 0) is 6.42 Å². The fourth-order valence-electron chi connectivity index (χ4n) is 2.61. The van der Waals surface area contributed by atoms with Crippen molar-refractivity contribution in [2.24, 2.45) is 0 Å². The Kier molecular flexibility index (Phi) is 5.22. The van der Waals surface area contributed by atoms with Gasteiger partial charge in [-0.1, -0.05) is 39.0 Å². The van der Waals surface area contributed by atoms with Gasteiger partial charge in [-0.2, -0.15) is 0 Å². The van der Waals surface area contributed by atoms with E-state index in [9.17, 15) is 4.79 Å². The van der Waals surface area contributed by atoms with Gasteiger partial charge >= 0.3 is 5.97 Å². The average Bonchev–Trinajstić information content (AvgIpc) is 2.85. The SMILES string of the molecule is CCCCCCCCc1c[nH]c2ccc(C(=O)O)cc12. The number of carbonyl (C=O) groups is 1. The standard InChI is InChI=1S/C17H23NO2/c1-2-3-4-5-6-7-8-14-12-18-16-10-9-13(17(19)20)11-15(14)16/h9-12,18H,2-8H2,1H3,(H,19,20). The largest absolute Gasteiger partial charge is 0.478 e. The van der Waals surface area contributed by atoms with Gasteiger partial charge in [0.15, 0.2) is 0 Å². The first-order chi connectivity index (χ1) is 9.72. The van der Waals surface area contributed by atoms with E-state index < -0.39 is 5.97 Å². The number of unbranched alkanes of at least 4 members (excludes halogenated alkanes) is 5. The Morgan fingerprint density at radius 3 is 2.65 bits per heavy atom. The third-order valence-electron chi connectivity index (χ3n) is 3.81. The van der Waals surface area contributed by atoms with Crippen LogP contribution in [0.15, 0.2) is 24.4 Å². The van der Waals surface area contributed by atoms with E-state index in [1.165, 1.54) is 44.1 Å². The Morgan fingerprint density at radius 1 is 1.15 bits per heavy atom. The molecule has 0 aliphatic rings. The Labute approximate surface area is 120 Å². The second-order valence-electron chi connectivity index (χ2n) is 5.40. The first kappa shape index (κ1) is 14.6. The molecule has 0 spiro atoms. The highest BCUT2D eigenvalue weighted by molar-refractivity contribution is 5.94. The monoisotopic (exact) mass is 273 g/mol. The maximum absolute atomic E-state index is 11.0. The van der Waals surface area contributed by atoms with Gasteiger partial charge in [0, 0.05) is 17.1 Å². The van der Waals surface area contributed by atoms with Crippen molar-refractivity contribution in [3.05, 3.63) is 35.5 Å². The van der Waals surface area contributed by atoms with Gasteiger partial charge in [0.05, 0.1) is 5.56 Å². The first-order valence-corrected chi connectivity index (χ1v) is 7.55. The van der Waals surface area contributed by atoms with Gasteiger partial charge < -0.3 is 10.1 Å². The number of carboxylic acid groups (broad SMARTS) is 1. The molecule has 0 bridgehead atoms. The van der Waals surface area contributed by atoms with E-state index in [-0.39, 0.29) is 0 Å². The van der Waals surface area contributed by atoms with Crippen LogP contribution < -0.4 is 0 Å². The minimum atomic E-state index is -0.862. The molecular formula is C17H23NO2. The van der Waals surface area contributed by atoms with Gasteiger partial charge in [0.1, 0.15) is 0 Å². The molecule has 2 aromatic rings. The lowest BCUT2D eigenvalue weighted by atomic mass is 10.0. The molecule has 0 unspecified atom stereocenters. The molecule has 1 heterocycles. The molecule has 0 amide bonds. The van der Waals surface area contributed by atoms with E-state index in [0.29, 0.717) is 5.56 Å². The molecule has 2 N–H and O–H groups in total. The molecule has 3 heteroatoms. The molecule has 1 aromatic carbocycles. The maximum Gasteiger partial charge on any atom is 0.335 e. The Bertz CT molecular complexity index is 571. The van der Waals surface area contributed by atoms with Crippen molar-refractivity contribution < 1.29 is 9.90 Å². The third kappa shape index (κ3) is 3.62. The van der Waals surface area contributed by atoms with E-state index >= 15 is 0 Å². The Balaban J connectivity index is 1.96. The summed E-state index contributed by atoms with van der Waals surface area (Å²) < 4.78 is 0. The number of aromatic amines is 1. The quantitative estimate of drug-likeness (QED) is 0.681. The lowest BCUT2D eigenvalue weighted by Gasteiger charge is -2.01. The molecule has 0 aliphatic heterocycles. The predicted molar refractivity (Wildman–Crippen MR) is 82.3 cm³/mol. The summed E-state index contributed by atoms with van der Waals surface area (Å²) in [6, 6.07) is 5.28. The van der Waals surface area contributed by atoms with Crippen LogP contribution in [0.25, 0.3) is 10.9 Å². The summed E-state index contributed by atoms with van der Waals surface area (Å²) in [5, 5.41) is 10.1. The molecule has 108 valence electrons. The Hall–Kier alpha value is -1.77. The number of nitrogens with one attached hydrogen (secondary N) is 1. The topological polar surface area (TPSA) is 53.1 Å². The minimum absolute atomic E-state index is 0.362. The van der Waals surface area contributed by atoms with Crippen LogP contribution in [0.1, 0.15) is 61.4 Å². The molecular weight excluding hydrogens is 250 g/mol. The molecule has 1 aromatic heterocycles. The van der Waals surface area contributed by atoms with Gasteiger partial charge in [-0.3, -0.25) is 0 Å². The van der Waals surface area contributed by atoms with Crippen LogP contribution in [0.3, 0.4) is 0 Å². The number of hydrogen-bond donors (Lipinski definition) is 2. The highest BCUT2D eigenvalue weighted by Gasteiger charge is 2.08. The summed E-state index contributed by atoms with van der Waals surface area (Å²) >= 11 is 0. The fraction of sp³-hybridized carbons (Fsp3) is 0.471. The lowest BCUT2D eigenvalue weighted by Crippen LogP contribution is -1.95. The third-order valence-corrected chi connectivity index (χ3v) is 3.81. The number of hydrogen-bond acceptors (Lipinski definition) is 1. The summed E-state index contributed by atoms with van der Waals surface area (Å²) in [4.78, 5) is 14.3. The zero-order chi connectivity index (χ0) is 14.4. The van der Waals surface area contributed by atoms with Crippen molar-refractivity contribution in [2.75, 3.05) is 0 Å². The van der Waals surface area contributed by atoms with E-state index in [2.05, 4.69) is 11.9 Å². The van der Waals surface area contributed by atoms with Crippen molar-refractivity contribution in [1.29, 1.82) is 0 Å². The van der Waals surface area contributed by atoms with Crippen LogP contribution in [0.4, 0.5) is 0 Å². The number of aryl methyl sites for hydroxylation is 1. The number of aromatic carboxylic acids is 1.